The summed E-state index contributed by atoms with van der Waals surface area (Å²) in [5, 5.41) is 3.15. The number of ether oxygens (including phenoxy) is 1. The zero-order valence-electron chi connectivity index (χ0n) is 21.1. The van der Waals surface area contributed by atoms with Crippen LogP contribution in [0.3, 0.4) is 0 Å². The fourth-order valence-electron chi connectivity index (χ4n) is 4.73. The van der Waals surface area contributed by atoms with E-state index in [9.17, 15) is 14.4 Å². The molecule has 194 valence electrons. The Labute approximate surface area is 220 Å². The molecule has 0 spiro atoms. The Morgan fingerprint density at radius 2 is 1.78 bits per heavy atom. The van der Waals surface area contributed by atoms with Crippen LogP contribution < -0.4 is 26.4 Å². The Morgan fingerprint density at radius 1 is 1.11 bits per heavy atom. The van der Waals surface area contributed by atoms with Crippen LogP contribution in [0.2, 0.25) is 0 Å². The number of anilines is 2. The molecule has 4 rings (SSSR count). The molecule has 0 saturated heterocycles. The van der Waals surface area contributed by atoms with Gasteiger partial charge < -0.3 is 21.5 Å². The number of nitrogens with two attached hydrogens (primary N) is 2. The van der Waals surface area contributed by atoms with Crippen molar-refractivity contribution in [1.82, 2.24) is 9.69 Å². The number of primary amides is 1. The highest BCUT2D eigenvalue weighted by Gasteiger charge is 2.37. The third kappa shape index (κ3) is 5.43. The molecule has 0 aliphatic heterocycles. The van der Waals surface area contributed by atoms with Gasteiger partial charge in [-0.15, -0.1) is 0 Å². The summed E-state index contributed by atoms with van der Waals surface area (Å²) >= 11 is 0.789. The molecule has 0 bridgehead atoms. The SMILES string of the molecule is COc1ccc(C(C(=O)NC2CCCC2)N(C(=O)c2snc(C(N)=O)c2N)c2ccc(C)cc2C)cc1. The number of amides is 3. The number of methoxy groups -OCH3 is 1. The van der Waals surface area contributed by atoms with E-state index in [1.165, 1.54) is 4.90 Å². The molecule has 3 aromatic rings. The number of carbonyl (C=O) groups is 3. The molecule has 1 aromatic heterocycles. The number of hydrogen-bond donors (Lipinski definition) is 3. The molecule has 3 amide bonds. The van der Waals surface area contributed by atoms with Crippen molar-refractivity contribution in [3.63, 3.8) is 0 Å². The van der Waals surface area contributed by atoms with Gasteiger partial charge in [0, 0.05) is 11.7 Å². The average molecular weight is 522 g/mol. The van der Waals surface area contributed by atoms with Crippen molar-refractivity contribution in [3.05, 3.63) is 69.7 Å². The standard InChI is InChI=1S/C27H31N5O4S/c1-15-8-13-20(16(2)14-15)32(27(35)24-21(28)22(25(29)33)31-37-24)23(17-9-11-19(36-3)12-10-17)26(34)30-18-6-4-5-7-18/h8-14,18,23H,4-7,28H2,1-3H3,(H2,29,33)(H,30,34). The minimum absolute atomic E-state index is 0.0410. The van der Waals surface area contributed by atoms with Gasteiger partial charge in [0.15, 0.2) is 5.69 Å². The predicted octanol–water partition coefficient (Wildman–Crippen LogP) is 3.90. The molecular formula is C27H31N5O4S. The molecule has 9 nitrogen and oxygen atoms in total. The number of carbonyl (C=O) groups excluding carboxylic acids is 3. The van der Waals surface area contributed by atoms with Gasteiger partial charge in [-0.05, 0) is 67.5 Å². The number of hydrogen-bond acceptors (Lipinski definition) is 7. The summed E-state index contributed by atoms with van der Waals surface area (Å²) < 4.78 is 9.31. The first-order valence-electron chi connectivity index (χ1n) is 12.1. The van der Waals surface area contributed by atoms with Gasteiger partial charge in [0.1, 0.15) is 16.7 Å². The van der Waals surface area contributed by atoms with Gasteiger partial charge in [-0.1, -0.05) is 42.7 Å². The van der Waals surface area contributed by atoms with Crippen LogP contribution >= 0.6 is 11.5 Å². The van der Waals surface area contributed by atoms with Crippen molar-refractivity contribution in [2.75, 3.05) is 17.7 Å². The van der Waals surface area contributed by atoms with E-state index < -0.39 is 17.9 Å². The number of nitrogens with zero attached hydrogens (tertiary/aromatic N) is 2. The summed E-state index contributed by atoms with van der Waals surface area (Å²) in [5.74, 6) is -1.04. The van der Waals surface area contributed by atoms with Crippen molar-refractivity contribution in [2.24, 2.45) is 5.73 Å². The van der Waals surface area contributed by atoms with Crippen molar-refractivity contribution < 1.29 is 19.1 Å². The van der Waals surface area contributed by atoms with Crippen LogP contribution in [0.4, 0.5) is 11.4 Å². The minimum atomic E-state index is -1.01. The molecule has 1 aliphatic rings. The molecule has 1 atom stereocenters. The molecule has 37 heavy (non-hydrogen) atoms. The lowest BCUT2D eigenvalue weighted by atomic mass is 10.00. The van der Waals surface area contributed by atoms with Crippen LogP contribution in [0.15, 0.2) is 42.5 Å². The number of rotatable bonds is 8. The fraction of sp³-hybridized carbons (Fsp3) is 0.333. The summed E-state index contributed by atoms with van der Waals surface area (Å²) in [5.41, 5.74) is 14.3. The first-order valence-corrected chi connectivity index (χ1v) is 12.9. The Morgan fingerprint density at radius 3 is 2.35 bits per heavy atom. The number of aromatic nitrogens is 1. The van der Waals surface area contributed by atoms with Gasteiger partial charge in [-0.25, -0.2) is 0 Å². The number of benzene rings is 2. The molecule has 0 radical (unpaired) electrons. The molecule has 1 saturated carbocycles. The van der Waals surface area contributed by atoms with Gasteiger partial charge in [0.05, 0.1) is 12.8 Å². The van der Waals surface area contributed by atoms with Crippen LogP contribution in [0.1, 0.15) is 68.6 Å². The van der Waals surface area contributed by atoms with Crippen LogP contribution in [-0.2, 0) is 4.79 Å². The first kappa shape index (κ1) is 26.2. The molecule has 1 heterocycles. The third-order valence-electron chi connectivity index (χ3n) is 6.63. The summed E-state index contributed by atoms with van der Waals surface area (Å²) in [6.45, 7) is 3.84. The van der Waals surface area contributed by atoms with E-state index in [4.69, 9.17) is 16.2 Å². The van der Waals surface area contributed by atoms with Crippen molar-refractivity contribution >= 4 is 40.6 Å². The second-order valence-electron chi connectivity index (χ2n) is 9.27. The summed E-state index contributed by atoms with van der Waals surface area (Å²) in [6, 6.07) is 11.7. The normalized spacial score (nSPS) is 14.2. The maximum absolute atomic E-state index is 14.2. The number of aryl methyl sites for hydroxylation is 2. The average Bonchev–Trinajstić information content (AvgIpc) is 3.52. The van der Waals surface area contributed by atoms with Gasteiger partial charge in [-0.2, -0.15) is 4.37 Å². The zero-order valence-corrected chi connectivity index (χ0v) is 21.9. The second-order valence-corrected chi connectivity index (χ2v) is 10.0. The summed E-state index contributed by atoms with van der Waals surface area (Å²) in [6.07, 6.45) is 3.88. The summed E-state index contributed by atoms with van der Waals surface area (Å²) in [4.78, 5) is 41.4. The van der Waals surface area contributed by atoms with Crippen LogP contribution in [0.25, 0.3) is 0 Å². The maximum atomic E-state index is 14.2. The summed E-state index contributed by atoms with van der Waals surface area (Å²) in [7, 11) is 1.56. The number of nitrogens with one attached hydrogen (secondary N) is 1. The Balaban J connectivity index is 1.88. The van der Waals surface area contributed by atoms with Crippen molar-refractivity contribution in [3.8, 4) is 5.75 Å². The largest absolute Gasteiger partial charge is 0.497 e. The van der Waals surface area contributed by atoms with Crippen LogP contribution in [-0.4, -0.2) is 35.2 Å². The molecule has 10 heteroatoms. The fourth-order valence-corrected chi connectivity index (χ4v) is 5.48. The van der Waals surface area contributed by atoms with Gasteiger partial charge in [-0.3, -0.25) is 19.3 Å². The zero-order chi connectivity index (χ0) is 26.7. The lowest BCUT2D eigenvalue weighted by Crippen LogP contribution is -2.46. The Hall–Kier alpha value is -3.92. The van der Waals surface area contributed by atoms with Gasteiger partial charge >= 0.3 is 0 Å². The van der Waals surface area contributed by atoms with E-state index >= 15 is 0 Å². The van der Waals surface area contributed by atoms with E-state index in [1.54, 1.807) is 31.4 Å². The topological polar surface area (TPSA) is 141 Å². The van der Waals surface area contributed by atoms with E-state index in [1.807, 2.05) is 32.0 Å². The second kappa shape index (κ2) is 11.0. The lowest BCUT2D eigenvalue weighted by Gasteiger charge is -2.33. The lowest BCUT2D eigenvalue weighted by molar-refractivity contribution is -0.123. The Bertz CT molecular complexity index is 1310. The molecule has 1 fully saturated rings. The van der Waals surface area contributed by atoms with Crippen molar-refractivity contribution in [2.45, 2.75) is 51.6 Å². The highest BCUT2D eigenvalue weighted by atomic mass is 32.1. The molecule has 1 unspecified atom stereocenters. The highest BCUT2D eigenvalue weighted by Crippen LogP contribution is 2.36. The molecular weight excluding hydrogens is 490 g/mol. The maximum Gasteiger partial charge on any atom is 0.273 e. The van der Waals surface area contributed by atoms with E-state index in [2.05, 4.69) is 9.69 Å². The van der Waals surface area contributed by atoms with E-state index in [0.717, 1.165) is 48.3 Å². The van der Waals surface area contributed by atoms with E-state index in [0.29, 0.717) is 17.0 Å². The predicted molar refractivity (Wildman–Crippen MR) is 144 cm³/mol. The molecule has 1 aliphatic carbocycles. The van der Waals surface area contributed by atoms with Gasteiger partial charge in [0.25, 0.3) is 11.8 Å². The third-order valence-corrected chi connectivity index (χ3v) is 7.48. The van der Waals surface area contributed by atoms with Gasteiger partial charge in [0.2, 0.25) is 5.91 Å². The molecule has 2 aromatic carbocycles. The first-order chi connectivity index (χ1) is 17.7. The highest BCUT2D eigenvalue weighted by molar-refractivity contribution is 7.09. The van der Waals surface area contributed by atoms with Crippen LogP contribution in [0.5, 0.6) is 5.75 Å². The van der Waals surface area contributed by atoms with Crippen LogP contribution in [0, 0.1) is 13.8 Å². The minimum Gasteiger partial charge on any atom is -0.497 e. The Kier molecular flexibility index (Phi) is 7.77. The number of nitrogen functional groups attached to an aromatic ring is 1. The quantitative estimate of drug-likeness (QED) is 0.411. The smallest absolute Gasteiger partial charge is 0.273 e. The molecule has 5 N–H and O–H groups in total. The monoisotopic (exact) mass is 521 g/mol. The van der Waals surface area contributed by atoms with Crippen molar-refractivity contribution in [1.29, 1.82) is 0 Å². The van der Waals surface area contributed by atoms with E-state index in [-0.39, 0.29) is 28.2 Å².